The Morgan fingerprint density at radius 1 is 0.921 bits per heavy atom. The molecule has 4 N–H and O–H groups in total. The normalized spacial score (nSPS) is 13.1. The number of alkyl carbamates (subject to hydrolysis) is 1. The van der Waals surface area contributed by atoms with Crippen molar-refractivity contribution in [3.05, 3.63) is 71.3 Å². The van der Waals surface area contributed by atoms with Crippen molar-refractivity contribution < 1.29 is 23.9 Å². The fraction of sp³-hybridized carbons (Fsp3) is 0.448. The molecule has 38 heavy (non-hydrogen) atoms. The number of ether oxygens (including phenoxy) is 1. The van der Waals surface area contributed by atoms with Gasteiger partial charge in [-0.25, -0.2) is 4.79 Å². The second kappa shape index (κ2) is 12.6. The summed E-state index contributed by atoms with van der Waals surface area (Å²) in [5.74, 6) is -1.82. The fourth-order valence-corrected chi connectivity index (χ4v) is 4.04. The lowest BCUT2D eigenvalue weighted by atomic mass is 9.92. The first-order valence-corrected chi connectivity index (χ1v) is 12.6. The molecule has 4 amide bonds. The average molecular weight is 525 g/mol. The van der Waals surface area contributed by atoms with Gasteiger partial charge in [0.05, 0.1) is 6.42 Å². The SMILES string of the molecule is Cc1ccccc1C(C(=O)NCc1ccccc1)N(C(=O)C(CC(N)=O)NC(=O)OC(C)(C)C)C(C)(C)C. The largest absolute Gasteiger partial charge is 0.444 e. The van der Waals surface area contributed by atoms with Gasteiger partial charge in [0.25, 0.3) is 0 Å². The lowest BCUT2D eigenvalue weighted by Crippen LogP contribution is -2.59. The summed E-state index contributed by atoms with van der Waals surface area (Å²) >= 11 is 0. The number of hydrogen-bond donors (Lipinski definition) is 3. The lowest BCUT2D eigenvalue weighted by Gasteiger charge is -2.43. The van der Waals surface area contributed by atoms with Crippen LogP contribution in [0.2, 0.25) is 0 Å². The molecule has 2 rings (SSSR count). The van der Waals surface area contributed by atoms with E-state index in [2.05, 4.69) is 10.6 Å². The first-order valence-electron chi connectivity index (χ1n) is 12.6. The summed E-state index contributed by atoms with van der Waals surface area (Å²) in [6, 6.07) is 14.3. The number of amides is 4. The van der Waals surface area contributed by atoms with Gasteiger partial charge < -0.3 is 26.0 Å². The highest BCUT2D eigenvalue weighted by atomic mass is 16.6. The second-order valence-corrected chi connectivity index (χ2v) is 11.2. The zero-order valence-corrected chi connectivity index (χ0v) is 23.3. The molecule has 9 nitrogen and oxygen atoms in total. The van der Waals surface area contributed by atoms with E-state index in [-0.39, 0.29) is 6.54 Å². The topological polar surface area (TPSA) is 131 Å². The molecular formula is C29H40N4O5. The van der Waals surface area contributed by atoms with E-state index in [1.807, 2.05) is 49.4 Å². The molecule has 206 valence electrons. The maximum absolute atomic E-state index is 14.1. The number of hydrogen-bond acceptors (Lipinski definition) is 5. The summed E-state index contributed by atoms with van der Waals surface area (Å²) < 4.78 is 5.31. The molecule has 0 radical (unpaired) electrons. The van der Waals surface area contributed by atoms with Crippen LogP contribution in [0, 0.1) is 6.92 Å². The van der Waals surface area contributed by atoms with E-state index in [1.165, 1.54) is 4.90 Å². The van der Waals surface area contributed by atoms with Gasteiger partial charge in [0.2, 0.25) is 17.7 Å². The molecular weight excluding hydrogens is 484 g/mol. The molecule has 0 aliphatic carbocycles. The van der Waals surface area contributed by atoms with Crippen molar-refractivity contribution >= 4 is 23.8 Å². The van der Waals surface area contributed by atoms with Crippen molar-refractivity contribution in [2.75, 3.05) is 0 Å². The van der Waals surface area contributed by atoms with Crippen LogP contribution < -0.4 is 16.4 Å². The van der Waals surface area contributed by atoms with Crippen LogP contribution in [0.25, 0.3) is 0 Å². The van der Waals surface area contributed by atoms with E-state index in [4.69, 9.17) is 10.5 Å². The van der Waals surface area contributed by atoms with Crippen molar-refractivity contribution in [2.45, 2.75) is 84.7 Å². The number of rotatable bonds is 9. The zero-order chi connectivity index (χ0) is 28.7. The number of nitrogens with zero attached hydrogens (tertiary/aromatic N) is 1. The molecule has 0 aliphatic heterocycles. The first kappa shape index (κ1) is 30.3. The van der Waals surface area contributed by atoms with E-state index in [1.54, 1.807) is 53.7 Å². The Balaban J connectivity index is 2.53. The van der Waals surface area contributed by atoms with Crippen LogP contribution in [-0.2, 0) is 25.7 Å². The Labute approximate surface area is 225 Å². The number of benzene rings is 2. The van der Waals surface area contributed by atoms with Gasteiger partial charge in [-0.05, 0) is 65.2 Å². The molecule has 0 saturated heterocycles. The lowest BCUT2D eigenvalue weighted by molar-refractivity contribution is -0.149. The number of primary amides is 1. The predicted octanol–water partition coefficient (Wildman–Crippen LogP) is 3.75. The van der Waals surface area contributed by atoms with Gasteiger partial charge in [0.1, 0.15) is 17.7 Å². The zero-order valence-electron chi connectivity index (χ0n) is 23.3. The number of carbonyl (C=O) groups is 4. The summed E-state index contributed by atoms with van der Waals surface area (Å²) in [4.78, 5) is 53.8. The molecule has 2 aromatic rings. The van der Waals surface area contributed by atoms with Gasteiger partial charge in [0.15, 0.2) is 0 Å². The van der Waals surface area contributed by atoms with Gasteiger partial charge in [-0.1, -0.05) is 54.6 Å². The molecule has 2 atom stereocenters. The third-order valence-corrected chi connectivity index (χ3v) is 5.65. The van der Waals surface area contributed by atoms with Crippen LogP contribution in [0.1, 0.15) is 70.7 Å². The maximum atomic E-state index is 14.1. The van der Waals surface area contributed by atoms with Crippen molar-refractivity contribution in [3.8, 4) is 0 Å². The summed E-state index contributed by atoms with van der Waals surface area (Å²) in [6.45, 7) is 12.5. The van der Waals surface area contributed by atoms with Gasteiger partial charge in [-0.3, -0.25) is 14.4 Å². The van der Waals surface area contributed by atoms with Crippen molar-refractivity contribution in [3.63, 3.8) is 0 Å². The second-order valence-electron chi connectivity index (χ2n) is 11.2. The van der Waals surface area contributed by atoms with Crippen molar-refractivity contribution in [1.82, 2.24) is 15.5 Å². The van der Waals surface area contributed by atoms with E-state index in [9.17, 15) is 19.2 Å². The molecule has 0 spiro atoms. The van der Waals surface area contributed by atoms with Crippen LogP contribution in [0.5, 0.6) is 0 Å². The molecule has 2 aromatic carbocycles. The molecule has 0 fully saturated rings. The van der Waals surface area contributed by atoms with Gasteiger partial charge >= 0.3 is 6.09 Å². The van der Waals surface area contributed by atoms with E-state index in [0.29, 0.717) is 5.56 Å². The van der Waals surface area contributed by atoms with Gasteiger partial charge in [-0.2, -0.15) is 0 Å². The molecule has 0 heterocycles. The molecule has 9 heteroatoms. The number of nitrogens with two attached hydrogens (primary N) is 1. The summed E-state index contributed by atoms with van der Waals surface area (Å²) in [5, 5.41) is 5.44. The van der Waals surface area contributed by atoms with Gasteiger partial charge in [-0.15, -0.1) is 0 Å². The monoisotopic (exact) mass is 524 g/mol. The Kier molecular flexibility index (Phi) is 10.0. The Morgan fingerprint density at radius 3 is 2.03 bits per heavy atom. The molecule has 0 aliphatic rings. The summed E-state index contributed by atoms with van der Waals surface area (Å²) in [6.07, 6.45) is -1.33. The first-order chi connectivity index (χ1) is 17.6. The maximum Gasteiger partial charge on any atom is 0.408 e. The Morgan fingerprint density at radius 2 is 1.50 bits per heavy atom. The van der Waals surface area contributed by atoms with Crippen molar-refractivity contribution in [1.29, 1.82) is 0 Å². The minimum absolute atomic E-state index is 0.259. The van der Waals surface area contributed by atoms with E-state index < -0.39 is 53.5 Å². The Bertz CT molecular complexity index is 1140. The van der Waals surface area contributed by atoms with E-state index in [0.717, 1.165) is 11.1 Å². The standard InChI is InChI=1S/C29H40N4O5/c1-19-13-11-12-16-21(19)24(25(35)31-18-20-14-9-8-10-15-20)33(28(2,3)4)26(36)22(17-23(30)34)32-27(37)38-29(5,6)7/h8-16,22,24H,17-18H2,1-7H3,(H2,30,34)(H,31,35)(H,32,37). The van der Waals surface area contributed by atoms with Crippen molar-refractivity contribution in [2.24, 2.45) is 5.73 Å². The minimum Gasteiger partial charge on any atom is -0.444 e. The Hall–Kier alpha value is -3.88. The van der Waals surface area contributed by atoms with Gasteiger partial charge in [0, 0.05) is 12.1 Å². The number of carbonyl (C=O) groups excluding carboxylic acids is 4. The van der Waals surface area contributed by atoms with Crippen LogP contribution in [0.4, 0.5) is 4.79 Å². The van der Waals surface area contributed by atoms with Crippen LogP contribution >= 0.6 is 0 Å². The quantitative estimate of drug-likeness (QED) is 0.460. The van der Waals surface area contributed by atoms with E-state index >= 15 is 0 Å². The predicted molar refractivity (Wildman–Crippen MR) is 146 cm³/mol. The fourth-order valence-electron chi connectivity index (χ4n) is 4.04. The molecule has 2 unspecified atom stereocenters. The molecule has 0 bridgehead atoms. The highest BCUT2D eigenvalue weighted by Crippen LogP contribution is 2.32. The highest BCUT2D eigenvalue weighted by molar-refractivity contribution is 5.95. The minimum atomic E-state index is -1.34. The summed E-state index contributed by atoms with van der Waals surface area (Å²) in [7, 11) is 0. The van der Waals surface area contributed by atoms with Crippen LogP contribution in [0.15, 0.2) is 54.6 Å². The molecule has 0 aromatic heterocycles. The number of nitrogens with one attached hydrogen (secondary N) is 2. The van der Waals surface area contributed by atoms with Crippen LogP contribution in [0.3, 0.4) is 0 Å². The average Bonchev–Trinajstić information content (AvgIpc) is 2.79. The third-order valence-electron chi connectivity index (χ3n) is 5.65. The summed E-state index contributed by atoms with van der Waals surface area (Å²) in [5.41, 5.74) is 6.06. The molecule has 0 saturated carbocycles. The third kappa shape index (κ3) is 8.90. The highest BCUT2D eigenvalue weighted by Gasteiger charge is 2.42. The van der Waals surface area contributed by atoms with Crippen LogP contribution in [-0.4, -0.2) is 45.9 Å². The number of aryl methyl sites for hydroxylation is 1. The smallest absolute Gasteiger partial charge is 0.408 e.